The lowest BCUT2D eigenvalue weighted by molar-refractivity contribution is 0.669. The van der Waals surface area contributed by atoms with Gasteiger partial charge < -0.3 is 9.32 Å². The number of benzene rings is 8. The molecule has 0 saturated heterocycles. The number of hydrogen-bond acceptors (Lipinski definition) is 2. The van der Waals surface area contributed by atoms with Gasteiger partial charge in [0.1, 0.15) is 11.2 Å². The average molecular weight is 614 g/mol. The van der Waals surface area contributed by atoms with E-state index < -0.39 is 0 Å². The Bertz CT molecular complexity index is 2540. The van der Waals surface area contributed by atoms with Crippen molar-refractivity contribution in [3.63, 3.8) is 0 Å². The van der Waals surface area contributed by atoms with E-state index in [0.717, 1.165) is 39.0 Å². The maximum atomic E-state index is 6.24. The molecular weight excluding hydrogens is 583 g/mol. The lowest BCUT2D eigenvalue weighted by Gasteiger charge is -2.27. The number of hydrogen-bond donors (Lipinski definition) is 0. The van der Waals surface area contributed by atoms with Crippen LogP contribution >= 0.6 is 0 Å². The monoisotopic (exact) mass is 613 g/mol. The molecule has 0 N–H and O–H groups in total. The van der Waals surface area contributed by atoms with Crippen LogP contribution in [0.3, 0.4) is 0 Å². The van der Waals surface area contributed by atoms with E-state index in [1.165, 1.54) is 44.2 Å². The summed E-state index contributed by atoms with van der Waals surface area (Å²) in [6.45, 7) is 0. The van der Waals surface area contributed by atoms with Gasteiger partial charge in [0.05, 0.1) is 5.69 Å². The summed E-state index contributed by atoms with van der Waals surface area (Å²) in [7, 11) is 0. The molecule has 1 heterocycles. The van der Waals surface area contributed by atoms with Crippen LogP contribution in [0, 0.1) is 0 Å². The SMILES string of the molecule is c1ccc(-c2ccc3oc4ccc(-c5cccc(-c6ccc(N(c7ccccc7)c7cccc8ccccc78)cc6)c5)cc4c3c2)cc1. The van der Waals surface area contributed by atoms with Gasteiger partial charge in [-0.25, -0.2) is 0 Å². The summed E-state index contributed by atoms with van der Waals surface area (Å²) < 4.78 is 6.24. The van der Waals surface area contributed by atoms with Crippen LogP contribution in [0.4, 0.5) is 17.1 Å². The molecule has 0 radical (unpaired) electrons. The molecular formula is C46H31NO. The molecule has 0 aliphatic carbocycles. The van der Waals surface area contributed by atoms with Crippen LogP contribution in [-0.2, 0) is 0 Å². The standard InChI is InChI=1S/C46H31NO/c1-3-11-32(12-4-1)37-23-27-45-42(30-37)43-31-38(24-28-46(43)48-45)36-16-9-15-35(29-36)33-21-25-40(26-22-33)47(39-17-5-2-6-18-39)44-20-10-14-34-13-7-8-19-41(34)44/h1-31H. The fraction of sp³-hybridized carbons (Fsp3) is 0. The highest BCUT2D eigenvalue weighted by Crippen LogP contribution is 2.40. The van der Waals surface area contributed by atoms with E-state index in [1.807, 2.05) is 0 Å². The molecule has 9 rings (SSSR count). The second-order valence-corrected chi connectivity index (χ2v) is 12.2. The Kier molecular flexibility index (Phi) is 6.84. The van der Waals surface area contributed by atoms with Gasteiger partial charge in [0.25, 0.3) is 0 Å². The van der Waals surface area contributed by atoms with Crippen molar-refractivity contribution in [3.8, 4) is 33.4 Å². The molecule has 48 heavy (non-hydrogen) atoms. The Morgan fingerprint density at radius 1 is 0.312 bits per heavy atom. The minimum Gasteiger partial charge on any atom is -0.456 e. The van der Waals surface area contributed by atoms with E-state index in [4.69, 9.17) is 4.42 Å². The van der Waals surface area contributed by atoms with Gasteiger partial charge in [0.2, 0.25) is 0 Å². The van der Waals surface area contributed by atoms with Crippen molar-refractivity contribution in [1.29, 1.82) is 0 Å². The zero-order valence-electron chi connectivity index (χ0n) is 26.3. The predicted molar refractivity (Wildman–Crippen MR) is 202 cm³/mol. The van der Waals surface area contributed by atoms with Gasteiger partial charge >= 0.3 is 0 Å². The normalized spacial score (nSPS) is 11.3. The second kappa shape index (κ2) is 11.8. The highest BCUT2D eigenvalue weighted by Gasteiger charge is 2.16. The molecule has 0 amide bonds. The molecule has 0 spiro atoms. The summed E-state index contributed by atoms with van der Waals surface area (Å²) in [4.78, 5) is 2.34. The Balaban J connectivity index is 1.08. The van der Waals surface area contributed by atoms with Crippen LogP contribution in [0.25, 0.3) is 66.1 Å². The van der Waals surface area contributed by atoms with Crippen LogP contribution < -0.4 is 4.90 Å². The molecule has 2 nitrogen and oxygen atoms in total. The van der Waals surface area contributed by atoms with Crippen molar-refractivity contribution < 1.29 is 4.42 Å². The van der Waals surface area contributed by atoms with Crippen molar-refractivity contribution in [2.75, 3.05) is 4.90 Å². The highest BCUT2D eigenvalue weighted by molar-refractivity contribution is 6.07. The quantitative estimate of drug-likeness (QED) is 0.185. The van der Waals surface area contributed by atoms with Gasteiger partial charge in [-0.3, -0.25) is 0 Å². The molecule has 0 saturated carbocycles. The molecule has 9 aromatic rings. The van der Waals surface area contributed by atoms with Gasteiger partial charge in [0.15, 0.2) is 0 Å². The zero-order chi connectivity index (χ0) is 31.9. The first-order valence-electron chi connectivity index (χ1n) is 16.3. The van der Waals surface area contributed by atoms with E-state index in [0.29, 0.717) is 0 Å². The molecule has 0 aliphatic heterocycles. The number of nitrogens with zero attached hydrogens (tertiary/aromatic N) is 1. The van der Waals surface area contributed by atoms with Crippen molar-refractivity contribution in [3.05, 3.63) is 188 Å². The Morgan fingerprint density at radius 3 is 1.52 bits per heavy atom. The number of rotatable bonds is 6. The fourth-order valence-corrected chi connectivity index (χ4v) is 6.86. The minimum absolute atomic E-state index is 0.903. The number of anilines is 3. The third-order valence-corrected chi connectivity index (χ3v) is 9.25. The van der Waals surface area contributed by atoms with E-state index in [2.05, 4.69) is 193 Å². The molecule has 0 bridgehead atoms. The topological polar surface area (TPSA) is 16.4 Å². The van der Waals surface area contributed by atoms with Gasteiger partial charge in [-0.05, 0) is 99.4 Å². The van der Waals surface area contributed by atoms with Gasteiger partial charge in [-0.15, -0.1) is 0 Å². The highest BCUT2D eigenvalue weighted by atomic mass is 16.3. The Morgan fingerprint density at radius 2 is 0.792 bits per heavy atom. The van der Waals surface area contributed by atoms with Crippen molar-refractivity contribution in [2.24, 2.45) is 0 Å². The van der Waals surface area contributed by atoms with Crippen LogP contribution in [0.15, 0.2) is 192 Å². The van der Waals surface area contributed by atoms with Crippen LogP contribution in [-0.4, -0.2) is 0 Å². The first-order valence-corrected chi connectivity index (χ1v) is 16.3. The maximum absolute atomic E-state index is 6.24. The number of para-hydroxylation sites is 1. The number of fused-ring (bicyclic) bond motifs is 4. The lowest BCUT2D eigenvalue weighted by atomic mass is 9.97. The van der Waals surface area contributed by atoms with Crippen LogP contribution in [0.1, 0.15) is 0 Å². The van der Waals surface area contributed by atoms with Crippen LogP contribution in [0.2, 0.25) is 0 Å². The molecule has 226 valence electrons. The summed E-state index contributed by atoms with van der Waals surface area (Å²) in [5, 5.41) is 4.71. The summed E-state index contributed by atoms with van der Waals surface area (Å²) in [6, 6.07) is 66.9. The van der Waals surface area contributed by atoms with Gasteiger partial charge in [-0.1, -0.05) is 127 Å². The Labute approximate surface area is 279 Å². The van der Waals surface area contributed by atoms with Crippen molar-refractivity contribution in [1.82, 2.24) is 0 Å². The van der Waals surface area contributed by atoms with E-state index >= 15 is 0 Å². The minimum atomic E-state index is 0.903. The largest absolute Gasteiger partial charge is 0.456 e. The predicted octanol–water partition coefficient (Wildman–Crippen LogP) is 13.2. The summed E-state index contributed by atoms with van der Waals surface area (Å²) in [5.74, 6) is 0. The smallest absolute Gasteiger partial charge is 0.135 e. The van der Waals surface area contributed by atoms with E-state index in [-0.39, 0.29) is 0 Å². The summed E-state index contributed by atoms with van der Waals surface area (Å²) in [5.41, 5.74) is 12.3. The van der Waals surface area contributed by atoms with Crippen LogP contribution in [0.5, 0.6) is 0 Å². The summed E-state index contributed by atoms with van der Waals surface area (Å²) >= 11 is 0. The number of furan rings is 1. The fourth-order valence-electron chi connectivity index (χ4n) is 6.86. The lowest BCUT2D eigenvalue weighted by Crippen LogP contribution is -2.10. The van der Waals surface area contributed by atoms with Crippen molar-refractivity contribution in [2.45, 2.75) is 0 Å². The molecule has 8 aromatic carbocycles. The third-order valence-electron chi connectivity index (χ3n) is 9.25. The van der Waals surface area contributed by atoms with E-state index in [9.17, 15) is 0 Å². The van der Waals surface area contributed by atoms with Crippen molar-refractivity contribution >= 4 is 49.8 Å². The average Bonchev–Trinajstić information content (AvgIpc) is 3.53. The second-order valence-electron chi connectivity index (χ2n) is 12.2. The third kappa shape index (κ3) is 5.01. The maximum Gasteiger partial charge on any atom is 0.135 e. The first-order chi connectivity index (χ1) is 23.8. The van der Waals surface area contributed by atoms with Gasteiger partial charge in [-0.2, -0.15) is 0 Å². The zero-order valence-corrected chi connectivity index (χ0v) is 26.3. The van der Waals surface area contributed by atoms with Gasteiger partial charge in [0, 0.05) is 27.5 Å². The molecule has 0 atom stereocenters. The summed E-state index contributed by atoms with van der Waals surface area (Å²) in [6.07, 6.45) is 0. The molecule has 0 fully saturated rings. The first kappa shape index (κ1) is 27.9. The van der Waals surface area contributed by atoms with E-state index in [1.54, 1.807) is 0 Å². The molecule has 0 unspecified atom stereocenters. The molecule has 2 heteroatoms. The molecule has 0 aliphatic rings. The Hall–Kier alpha value is -6.38. The molecule has 1 aromatic heterocycles.